The highest BCUT2D eigenvalue weighted by atomic mass is 35.5. The summed E-state index contributed by atoms with van der Waals surface area (Å²) in [5.41, 5.74) is 8.70. The number of hydrogen-bond acceptors (Lipinski definition) is 3. The first-order valence-electron chi connectivity index (χ1n) is 6.46. The number of aromatic nitrogens is 1. The average Bonchev–Trinajstić information content (AvgIpc) is 2.49. The van der Waals surface area contributed by atoms with E-state index in [1.807, 2.05) is 30.3 Å². The Hall–Kier alpha value is -2.33. The molecule has 0 spiro atoms. The van der Waals surface area contributed by atoms with E-state index in [1.54, 1.807) is 6.20 Å². The Labute approximate surface area is 126 Å². The number of nitrogens with one attached hydrogen (secondary N) is 1. The van der Waals surface area contributed by atoms with Gasteiger partial charge in [0.25, 0.3) is 0 Å². The van der Waals surface area contributed by atoms with Gasteiger partial charge < -0.3 is 11.1 Å². The minimum absolute atomic E-state index is 0.0184. The molecule has 0 radical (unpaired) electrons. The Morgan fingerprint density at radius 1 is 1.19 bits per heavy atom. The van der Waals surface area contributed by atoms with Gasteiger partial charge in [0.05, 0.1) is 21.9 Å². The van der Waals surface area contributed by atoms with Gasteiger partial charge in [-0.2, -0.15) is 0 Å². The molecule has 3 aromatic rings. The molecule has 0 atom stereocenters. The summed E-state index contributed by atoms with van der Waals surface area (Å²) in [6, 6.07) is 12.5. The van der Waals surface area contributed by atoms with E-state index in [2.05, 4.69) is 10.3 Å². The van der Waals surface area contributed by atoms with Gasteiger partial charge in [-0.15, -0.1) is 0 Å². The maximum Gasteiger partial charge on any atom is 0.143 e. The Morgan fingerprint density at radius 2 is 2.00 bits per heavy atom. The summed E-state index contributed by atoms with van der Waals surface area (Å²) >= 11 is 5.69. The van der Waals surface area contributed by atoms with Crippen LogP contribution in [-0.4, -0.2) is 4.98 Å². The van der Waals surface area contributed by atoms with E-state index in [0.717, 1.165) is 16.5 Å². The standard InChI is InChI=1S/C16H13ClFN3/c17-12-7-14(19)15(8-13(12)18)21-9-11-4-1-3-10-5-2-6-20-16(10)11/h1-8,21H,9,19H2. The van der Waals surface area contributed by atoms with Crippen LogP contribution in [0.15, 0.2) is 48.7 Å². The zero-order valence-electron chi connectivity index (χ0n) is 11.1. The van der Waals surface area contributed by atoms with Crippen LogP contribution in [0, 0.1) is 5.82 Å². The zero-order valence-corrected chi connectivity index (χ0v) is 11.9. The molecule has 21 heavy (non-hydrogen) atoms. The van der Waals surface area contributed by atoms with Crippen LogP contribution >= 0.6 is 11.6 Å². The van der Waals surface area contributed by atoms with Crippen molar-refractivity contribution in [1.82, 2.24) is 4.98 Å². The SMILES string of the molecule is Nc1cc(Cl)c(F)cc1NCc1cccc2cccnc12. The molecule has 3 N–H and O–H groups in total. The first-order valence-corrected chi connectivity index (χ1v) is 6.84. The van der Waals surface area contributed by atoms with Gasteiger partial charge in [-0.25, -0.2) is 4.39 Å². The maximum atomic E-state index is 13.5. The van der Waals surface area contributed by atoms with E-state index in [0.29, 0.717) is 17.9 Å². The van der Waals surface area contributed by atoms with Crippen LogP contribution in [0.25, 0.3) is 10.9 Å². The number of anilines is 2. The summed E-state index contributed by atoms with van der Waals surface area (Å²) in [6.07, 6.45) is 1.75. The number of hydrogen-bond donors (Lipinski definition) is 2. The summed E-state index contributed by atoms with van der Waals surface area (Å²) in [5.74, 6) is -0.496. The summed E-state index contributed by atoms with van der Waals surface area (Å²) < 4.78 is 13.5. The molecular weight excluding hydrogens is 289 g/mol. The van der Waals surface area contributed by atoms with Crippen molar-refractivity contribution >= 4 is 33.9 Å². The topological polar surface area (TPSA) is 50.9 Å². The van der Waals surface area contributed by atoms with E-state index in [4.69, 9.17) is 17.3 Å². The molecule has 5 heteroatoms. The molecule has 1 aromatic heterocycles. The van der Waals surface area contributed by atoms with Crippen molar-refractivity contribution in [1.29, 1.82) is 0 Å². The number of pyridine rings is 1. The third-order valence-electron chi connectivity index (χ3n) is 3.28. The van der Waals surface area contributed by atoms with E-state index >= 15 is 0 Å². The van der Waals surface area contributed by atoms with Crippen LogP contribution in [0.4, 0.5) is 15.8 Å². The van der Waals surface area contributed by atoms with Gasteiger partial charge in [-0.3, -0.25) is 4.98 Å². The van der Waals surface area contributed by atoms with Crippen LogP contribution < -0.4 is 11.1 Å². The van der Waals surface area contributed by atoms with E-state index < -0.39 is 5.82 Å². The molecule has 0 aliphatic carbocycles. The second kappa shape index (κ2) is 5.58. The lowest BCUT2D eigenvalue weighted by atomic mass is 10.1. The van der Waals surface area contributed by atoms with Crippen LogP contribution in [-0.2, 0) is 6.54 Å². The Kier molecular flexibility index (Phi) is 3.62. The molecule has 0 amide bonds. The zero-order chi connectivity index (χ0) is 14.8. The minimum atomic E-state index is -0.496. The molecule has 106 valence electrons. The highest BCUT2D eigenvalue weighted by Gasteiger charge is 2.07. The quantitative estimate of drug-likeness (QED) is 0.712. The third kappa shape index (κ3) is 2.76. The van der Waals surface area contributed by atoms with Crippen LogP contribution in [0.1, 0.15) is 5.56 Å². The van der Waals surface area contributed by atoms with Crippen LogP contribution in [0.2, 0.25) is 5.02 Å². The van der Waals surface area contributed by atoms with Gasteiger partial charge >= 0.3 is 0 Å². The molecule has 0 fully saturated rings. The van der Waals surface area contributed by atoms with Crippen molar-refractivity contribution in [3.63, 3.8) is 0 Å². The molecule has 3 nitrogen and oxygen atoms in total. The lowest BCUT2D eigenvalue weighted by Crippen LogP contribution is -2.04. The summed E-state index contributed by atoms with van der Waals surface area (Å²) in [4.78, 5) is 4.38. The second-order valence-electron chi connectivity index (χ2n) is 4.70. The molecule has 2 aromatic carbocycles. The fourth-order valence-corrected chi connectivity index (χ4v) is 2.39. The van der Waals surface area contributed by atoms with Gasteiger partial charge in [0.2, 0.25) is 0 Å². The molecule has 0 bridgehead atoms. The Bertz CT molecular complexity index is 799. The largest absolute Gasteiger partial charge is 0.397 e. The van der Waals surface area contributed by atoms with Crippen molar-refractivity contribution in [3.8, 4) is 0 Å². The molecule has 0 saturated heterocycles. The normalized spacial score (nSPS) is 10.8. The number of rotatable bonds is 3. The fraction of sp³-hybridized carbons (Fsp3) is 0.0625. The first-order chi connectivity index (χ1) is 10.1. The van der Waals surface area contributed by atoms with Gasteiger partial charge in [0, 0.05) is 24.2 Å². The highest BCUT2D eigenvalue weighted by Crippen LogP contribution is 2.27. The number of halogens is 2. The van der Waals surface area contributed by atoms with E-state index in [9.17, 15) is 4.39 Å². The summed E-state index contributed by atoms with van der Waals surface area (Å²) in [7, 11) is 0. The number of nitrogen functional groups attached to an aromatic ring is 1. The third-order valence-corrected chi connectivity index (χ3v) is 3.57. The smallest absolute Gasteiger partial charge is 0.143 e. The fourth-order valence-electron chi connectivity index (χ4n) is 2.22. The van der Waals surface area contributed by atoms with Crippen molar-refractivity contribution in [2.45, 2.75) is 6.54 Å². The molecule has 3 rings (SSSR count). The number of benzene rings is 2. The van der Waals surface area contributed by atoms with Gasteiger partial charge in [-0.1, -0.05) is 35.9 Å². The lowest BCUT2D eigenvalue weighted by Gasteiger charge is -2.11. The Balaban J connectivity index is 1.89. The molecule has 0 unspecified atom stereocenters. The van der Waals surface area contributed by atoms with Gasteiger partial charge in [0.15, 0.2) is 0 Å². The van der Waals surface area contributed by atoms with Crippen LogP contribution in [0.3, 0.4) is 0 Å². The molecule has 0 saturated carbocycles. The van der Waals surface area contributed by atoms with Crippen molar-refractivity contribution in [2.75, 3.05) is 11.1 Å². The monoisotopic (exact) mass is 301 g/mol. The van der Waals surface area contributed by atoms with Gasteiger partial charge in [0.1, 0.15) is 5.82 Å². The second-order valence-corrected chi connectivity index (χ2v) is 5.11. The predicted molar refractivity (Wildman–Crippen MR) is 84.9 cm³/mol. The summed E-state index contributed by atoms with van der Waals surface area (Å²) in [5, 5.41) is 4.21. The highest BCUT2D eigenvalue weighted by molar-refractivity contribution is 6.31. The van der Waals surface area contributed by atoms with Gasteiger partial charge in [-0.05, 0) is 17.7 Å². The number of nitrogens with zero attached hydrogens (tertiary/aromatic N) is 1. The van der Waals surface area contributed by atoms with Crippen molar-refractivity contribution in [2.24, 2.45) is 0 Å². The minimum Gasteiger partial charge on any atom is -0.397 e. The average molecular weight is 302 g/mol. The molecule has 1 heterocycles. The van der Waals surface area contributed by atoms with Crippen LogP contribution in [0.5, 0.6) is 0 Å². The number of fused-ring (bicyclic) bond motifs is 1. The number of para-hydroxylation sites is 1. The Morgan fingerprint density at radius 3 is 2.86 bits per heavy atom. The molecule has 0 aliphatic heterocycles. The first kappa shape index (κ1) is 13.6. The lowest BCUT2D eigenvalue weighted by molar-refractivity contribution is 0.629. The molecular formula is C16H13ClFN3. The summed E-state index contributed by atoms with van der Waals surface area (Å²) in [6.45, 7) is 0.500. The number of nitrogens with two attached hydrogens (primary N) is 1. The van der Waals surface area contributed by atoms with Crippen molar-refractivity contribution < 1.29 is 4.39 Å². The predicted octanol–water partition coefficient (Wildman–Crippen LogP) is 4.22. The van der Waals surface area contributed by atoms with Crippen molar-refractivity contribution in [3.05, 3.63) is 65.1 Å². The maximum absolute atomic E-state index is 13.5. The molecule has 0 aliphatic rings. The van der Waals surface area contributed by atoms with E-state index in [-0.39, 0.29) is 5.02 Å². The van der Waals surface area contributed by atoms with E-state index in [1.165, 1.54) is 12.1 Å².